The van der Waals surface area contributed by atoms with Crippen molar-refractivity contribution in [2.24, 2.45) is 5.73 Å². The lowest BCUT2D eigenvalue weighted by Gasteiger charge is -2.40. The number of benzene rings is 3. The van der Waals surface area contributed by atoms with E-state index in [-0.39, 0.29) is 17.8 Å². The van der Waals surface area contributed by atoms with Crippen LogP contribution in [0.2, 0.25) is 0 Å². The number of amides is 1. The van der Waals surface area contributed by atoms with Crippen molar-refractivity contribution in [2.45, 2.75) is 25.4 Å². The van der Waals surface area contributed by atoms with Crippen molar-refractivity contribution < 1.29 is 9.18 Å². The lowest BCUT2D eigenvalue weighted by Crippen LogP contribution is -2.54. The van der Waals surface area contributed by atoms with Gasteiger partial charge in [0.15, 0.2) is 0 Å². The zero-order valence-electron chi connectivity index (χ0n) is 21.0. The summed E-state index contributed by atoms with van der Waals surface area (Å²) >= 11 is 1.62. The Kier molecular flexibility index (Phi) is 7.79. The third kappa shape index (κ3) is 5.82. The zero-order valence-corrected chi connectivity index (χ0v) is 21.8. The molecule has 1 aromatic heterocycles. The first-order valence-corrected chi connectivity index (χ1v) is 13.5. The third-order valence-corrected chi connectivity index (χ3v) is 8.22. The molecule has 4 aromatic rings. The Hall–Kier alpha value is -3.32. The molecule has 1 saturated heterocycles. The molecule has 1 aliphatic heterocycles. The van der Waals surface area contributed by atoms with Crippen molar-refractivity contribution in [2.75, 3.05) is 26.2 Å². The molecule has 1 fully saturated rings. The maximum Gasteiger partial charge on any atom is 0.239 e. The van der Waals surface area contributed by atoms with Crippen LogP contribution in [-0.4, -0.2) is 47.9 Å². The van der Waals surface area contributed by atoms with Gasteiger partial charge in [0.05, 0.1) is 12.1 Å². The first-order chi connectivity index (χ1) is 18.0. The van der Waals surface area contributed by atoms with Crippen molar-refractivity contribution in [3.05, 3.63) is 118 Å². The topological polar surface area (TPSA) is 49.6 Å². The predicted octanol–water partition coefficient (Wildman–Crippen LogP) is 5.67. The second-order valence-electron chi connectivity index (χ2n) is 9.62. The fourth-order valence-corrected chi connectivity index (χ4v) is 6.32. The molecular formula is C31H32FN3OS. The van der Waals surface area contributed by atoms with Gasteiger partial charge < -0.3 is 10.6 Å². The third-order valence-electron chi connectivity index (χ3n) is 7.08. The van der Waals surface area contributed by atoms with Gasteiger partial charge in [0.1, 0.15) is 5.82 Å². The van der Waals surface area contributed by atoms with Gasteiger partial charge in [0.2, 0.25) is 5.91 Å². The van der Waals surface area contributed by atoms with Crippen LogP contribution in [0.25, 0.3) is 10.4 Å². The number of halogens is 1. The number of rotatable bonds is 7. The molecule has 0 saturated carbocycles. The van der Waals surface area contributed by atoms with Gasteiger partial charge in [-0.3, -0.25) is 9.69 Å². The highest BCUT2D eigenvalue weighted by Crippen LogP contribution is 2.32. The van der Waals surface area contributed by atoms with E-state index in [0.717, 1.165) is 34.0 Å². The molecule has 1 amide bonds. The fraction of sp³-hybridized carbons (Fsp3) is 0.258. The molecule has 0 aliphatic carbocycles. The quantitative estimate of drug-likeness (QED) is 0.347. The lowest BCUT2D eigenvalue weighted by molar-refractivity contribution is -0.134. The number of carbonyl (C=O) groups excluding carboxylic acids is 1. The van der Waals surface area contributed by atoms with E-state index in [0.29, 0.717) is 19.5 Å². The largest absolute Gasteiger partial charge is 0.339 e. The molecule has 0 spiro atoms. The summed E-state index contributed by atoms with van der Waals surface area (Å²) in [6.07, 6.45) is 0.501. The summed E-state index contributed by atoms with van der Waals surface area (Å²) < 4.78 is 13.5. The highest BCUT2D eigenvalue weighted by molar-refractivity contribution is 7.15. The molecule has 0 radical (unpaired) electrons. The molecule has 4 nitrogen and oxygen atoms in total. The van der Waals surface area contributed by atoms with E-state index in [2.05, 4.69) is 53.4 Å². The van der Waals surface area contributed by atoms with E-state index >= 15 is 0 Å². The van der Waals surface area contributed by atoms with Crippen molar-refractivity contribution >= 4 is 17.2 Å². The Morgan fingerprint density at radius 3 is 2.11 bits per heavy atom. The number of piperazine rings is 1. The maximum atomic E-state index is 13.5. The number of thiophene rings is 1. The first-order valence-electron chi connectivity index (χ1n) is 12.7. The summed E-state index contributed by atoms with van der Waals surface area (Å²) in [4.78, 5) is 19.7. The zero-order chi connectivity index (χ0) is 25.8. The Labute approximate surface area is 222 Å². The van der Waals surface area contributed by atoms with Gasteiger partial charge in [-0.1, -0.05) is 66.7 Å². The average molecular weight is 514 g/mol. The van der Waals surface area contributed by atoms with Crippen LogP contribution in [0.5, 0.6) is 0 Å². The van der Waals surface area contributed by atoms with Crippen molar-refractivity contribution in [1.82, 2.24) is 9.80 Å². The number of hydrogen-bond acceptors (Lipinski definition) is 4. The monoisotopic (exact) mass is 513 g/mol. The molecular weight excluding hydrogens is 481 g/mol. The predicted molar refractivity (Wildman–Crippen MR) is 149 cm³/mol. The fourth-order valence-electron chi connectivity index (χ4n) is 5.16. The molecule has 3 aromatic carbocycles. The molecule has 5 rings (SSSR count). The van der Waals surface area contributed by atoms with E-state index in [1.807, 2.05) is 42.2 Å². The van der Waals surface area contributed by atoms with Crippen LogP contribution in [0, 0.1) is 12.7 Å². The van der Waals surface area contributed by atoms with Crippen molar-refractivity contribution in [1.29, 1.82) is 0 Å². The maximum absolute atomic E-state index is 13.5. The smallest absolute Gasteiger partial charge is 0.239 e. The number of aryl methyl sites for hydroxylation is 1. The Morgan fingerprint density at radius 1 is 0.892 bits per heavy atom. The number of nitrogens with zero attached hydrogens (tertiary/aromatic N) is 2. The Bertz CT molecular complexity index is 1290. The van der Waals surface area contributed by atoms with Crippen LogP contribution in [0.1, 0.15) is 27.6 Å². The lowest BCUT2D eigenvalue weighted by atomic mass is 9.96. The van der Waals surface area contributed by atoms with Crippen LogP contribution in [0.4, 0.5) is 4.39 Å². The molecule has 1 atom stereocenters. The molecule has 6 heteroatoms. The molecule has 0 bridgehead atoms. The van der Waals surface area contributed by atoms with Crippen LogP contribution in [0.15, 0.2) is 91.0 Å². The van der Waals surface area contributed by atoms with Gasteiger partial charge in [0.25, 0.3) is 0 Å². The van der Waals surface area contributed by atoms with E-state index in [1.54, 1.807) is 17.4 Å². The van der Waals surface area contributed by atoms with Gasteiger partial charge >= 0.3 is 0 Å². The molecule has 2 N–H and O–H groups in total. The normalized spacial score (nSPS) is 15.2. The minimum Gasteiger partial charge on any atom is -0.339 e. The van der Waals surface area contributed by atoms with Crippen LogP contribution < -0.4 is 5.73 Å². The Balaban J connectivity index is 1.22. The summed E-state index contributed by atoms with van der Waals surface area (Å²) in [7, 11) is 0. The number of nitrogens with two attached hydrogens (primary N) is 1. The SMILES string of the molecule is Cc1cc(F)ccc1-c1ccc(CC(N)C(=O)N2CCN(C(c3ccccc3)c3ccccc3)CC2)s1. The van der Waals surface area contributed by atoms with Crippen molar-refractivity contribution in [3.8, 4) is 10.4 Å². The van der Waals surface area contributed by atoms with E-state index in [1.165, 1.54) is 17.2 Å². The second-order valence-corrected chi connectivity index (χ2v) is 10.8. The summed E-state index contributed by atoms with van der Waals surface area (Å²) in [6.45, 7) is 4.81. The molecule has 1 unspecified atom stereocenters. The second kappa shape index (κ2) is 11.4. The van der Waals surface area contributed by atoms with Gasteiger partial charge in [-0.25, -0.2) is 4.39 Å². The molecule has 37 heavy (non-hydrogen) atoms. The molecule has 190 valence electrons. The number of carbonyl (C=O) groups is 1. The number of hydrogen-bond donors (Lipinski definition) is 1. The summed E-state index contributed by atoms with van der Waals surface area (Å²) in [5, 5.41) is 0. The molecule has 1 aliphatic rings. The van der Waals surface area contributed by atoms with Gasteiger partial charge in [-0.2, -0.15) is 0 Å². The van der Waals surface area contributed by atoms with E-state index in [4.69, 9.17) is 5.73 Å². The summed E-state index contributed by atoms with van der Waals surface area (Å²) in [5.41, 5.74) is 10.8. The van der Waals surface area contributed by atoms with Gasteiger partial charge in [0, 0.05) is 42.4 Å². The van der Waals surface area contributed by atoms with Crippen LogP contribution >= 0.6 is 11.3 Å². The van der Waals surface area contributed by atoms with E-state index in [9.17, 15) is 9.18 Å². The minimum absolute atomic E-state index is 0.00327. The molecule has 2 heterocycles. The van der Waals surface area contributed by atoms with Gasteiger partial charge in [-0.05, 0) is 53.4 Å². The highest BCUT2D eigenvalue weighted by atomic mass is 32.1. The summed E-state index contributed by atoms with van der Waals surface area (Å²) in [6, 6.07) is 29.6. The average Bonchev–Trinajstić information content (AvgIpc) is 3.38. The first kappa shape index (κ1) is 25.3. The Morgan fingerprint density at radius 2 is 1.51 bits per heavy atom. The van der Waals surface area contributed by atoms with Crippen LogP contribution in [0.3, 0.4) is 0 Å². The standard InChI is InChI=1S/C31H32FN3OS/c1-22-20-25(32)12-14-27(22)29-15-13-26(37-29)21-28(33)31(36)35-18-16-34(17-19-35)30(23-8-4-2-5-9-23)24-10-6-3-7-11-24/h2-15,20,28,30H,16-19,21,33H2,1H3. The summed E-state index contributed by atoms with van der Waals surface area (Å²) in [5.74, 6) is -0.229. The van der Waals surface area contributed by atoms with Gasteiger partial charge in [-0.15, -0.1) is 11.3 Å². The van der Waals surface area contributed by atoms with Crippen LogP contribution in [-0.2, 0) is 11.2 Å². The highest BCUT2D eigenvalue weighted by Gasteiger charge is 2.30. The minimum atomic E-state index is -0.577. The van der Waals surface area contributed by atoms with Crippen molar-refractivity contribution in [3.63, 3.8) is 0 Å². The van der Waals surface area contributed by atoms with E-state index < -0.39 is 6.04 Å².